The molecule has 29 heavy (non-hydrogen) atoms. The number of hydrogen-bond acceptors (Lipinski definition) is 6. The minimum atomic E-state index is -0.358. The molecule has 0 bridgehead atoms. The Kier molecular flexibility index (Phi) is 7.25. The molecule has 6 nitrogen and oxygen atoms in total. The Hall–Kier alpha value is -2.86. The van der Waals surface area contributed by atoms with Gasteiger partial charge in [0, 0.05) is 18.0 Å². The zero-order valence-corrected chi connectivity index (χ0v) is 16.9. The van der Waals surface area contributed by atoms with E-state index >= 15 is 0 Å². The number of ether oxygens (including phenoxy) is 3. The first-order valence-electron chi connectivity index (χ1n) is 9.82. The van der Waals surface area contributed by atoms with Crippen LogP contribution in [0.1, 0.15) is 33.6 Å². The molecule has 0 radical (unpaired) electrons. The van der Waals surface area contributed by atoms with Gasteiger partial charge in [-0.3, -0.25) is 9.69 Å². The molecule has 0 aromatic heterocycles. The van der Waals surface area contributed by atoms with Gasteiger partial charge in [0.2, 0.25) is 0 Å². The van der Waals surface area contributed by atoms with E-state index < -0.39 is 0 Å². The second kappa shape index (κ2) is 10.1. The van der Waals surface area contributed by atoms with Crippen molar-refractivity contribution >= 4 is 11.8 Å². The Balaban J connectivity index is 1.40. The fourth-order valence-corrected chi connectivity index (χ4v) is 3.51. The Morgan fingerprint density at radius 2 is 1.48 bits per heavy atom. The van der Waals surface area contributed by atoms with E-state index in [9.17, 15) is 9.59 Å². The molecule has 154 valence electrons. The van der Waals surface area contributed by atoms with Crippen molar-refractivity contribution in [3.63, 3.8) is 0 Å². The highest BCUT2D eigenvalue weighted by Gasteiger charge is 2.25. The minimum Gasteiger partial charge on any atom is -0.497 e. The topological polar surface area (TPSA) is 65.1 Å². The molecule has 1 heterocycles. The summed E-state index contributed by atoms with van der Waals surface area (Å²) in [6.07, 6.45) is 1.72. The second-order valence-electron chi connectivity index (χ2n) is 7.07. The minimum absolute atomic E-state index is 0.0754. The van der Waals surface area contributed by atoms with Crippen LogP contribution in [0.15, 0.2) is 48.5 Å². The first-order valence-corrected chi connectivity index (χ1v) is 9.82. The lowest BCUT2D eigenvalue weighted by Crippen LogP contribution is -2.38. The number of methoxy groups -OCH3 is 2. The van der Waals surface area contributed by atoms with E-state index in [-0.39, 0.29) is 17.7 Å². The molecule has 2 aromatic rings. The number of piperidine rings is 1. The van der Waals surface area contributed by atoms with Gasteiger partial charge in [-0.05, 0) is 74.5 Å². The van der Waals surface area contributed by atoms with Crippen molar-refractivity contribution in [2.45, 2.75) is 12.8 Å². The molecule has 1 aliphatic heterocycles. The number of hydrogen-bond donors (Lipinski definition) is 0. The molecule has 3 rings (SSSR count). The highest BCUT2D eigenvalue weighted by Crippen LogP contribution is 2.23. The smallest absolute Gasteiger partial charge is 0.337 e. The van der Waals surface area contributed by atoms with Gasteiger partial charge in [0.25, 0.3) is 0 Å². The van der Waals surface area contributed by atoms with Crippen molar-refractivity contribution in [3.05, 3.63) is 59.7 Å². The van der Waals surface area contributed by atoms with Gasteiger partial charge in [0.05, 0.1) is 19.8 Å². The molecule has 2 aromatic carbocycles. The van der Waals surface area contributed by atoms with Crippen molar-refractivity contribution in [1.82, 2.24) is 4.90 Å². The van der Waals surface area contributed by atoms with Gasteiger partial charge in [-0.25, -0.2) is 4.79 Å². The molecule has 1 fully saturated rings. The van der Waals surface area contributed by atoms with Crippen LogP contribution >= 0.6 is 0 Å². The van der Waals surface area contributed by atoms with Crippen LogP contribution in [0.2, 0.25) is 0 Å². The van der Waals surface area contributed by atoms with Crippen LogP contribution in [0.5, 0.6) is 11.5 Å². The maximum Gasteiger partial charge on any atom is 0.337 e. The second-order valence-corrected chi connectivity index (χ2v) is 7.07. The molecular formula is C23H27NO5. The molecule has 0 N–H and O–H groups in total. The van der Waals surface area contributed by atoms with Gasteiger partial charge in [0.15, 0.2) is 5.78 Å². The number of esters is 1. The van der Waals surface area contributed by atoms with E-state index in [0.717, 1.165) is 49.5 Å². The standard InChI is InChI=1S/C23H27NO5/c1-27-20-7-3-17(4-8-20)22(25)18-11-13-24(14-12-18)15-16-29-21-9-5-19(6-10-21)23(26)28-2/h3-10,18H,11-16H2,1-2H3. The summed E-state index contributed by atoms with van der Waals surface area (Å²) in [7, 11) is 2.98. The third kappa shape index (κ3) is 5.57. The normalized spacial score (nSPS) is 15.0. The third-order valence-corrected chi connectivity index (χ3v) is 5.28. The number of Topliss-reactive ketones (excluding diaryl/α,β-unsaturated/α-hetero) is 1. The molecule has 0 saturated carbocycles. The summed E-state index contributed by atoms with van der Waals surface area (Å²) in [6, 6.07) is 14.3. The van der Waals surface area contributed by atoms with Crippen molar-refractivity contribution in [3.8, 4) is 11.5 Å². The molecule has 0 spiro atoms. The Labute approximate surface area is 171 Å². The maximum absolute atomic E-state index is 12.7. The Bertz CT molecular complexity index is 808. The van der Waals surface area contributed by atoms with E-state index in [1.54, 1.807) is 31.4 Å². The fraction of sp³-hybridized carbons (Fsp3) is 0.391. The van der Waals surface area contributed by atoms with E-state index in [4.69, 9.17) is 9.47 Å². The van der Waals surface area contributed by atoms with Crippen LogP contribution in [0.4, 0.5) is 0 Å². The Morgan fingerprint density at radius 3 is 2.07 bits per heavy atom. The molecular weight excluding hydrogens is 370 g/mol. The maximum atomic E-state index is 12.7. The largest absolute Gasteiger partial charge is 0.497 e. The molecule has 0 aliphatic carbocycles. The van der Waals surface area contributed by atoms with Gasteiger partial charge in [-0.2, -0.15) is 0 Å². The van der Waals surface area contributed by atoms with E-state index in [1.807, 2.05) is 24.3 Å². The number of nitrogens with zero attached hydrogens (tertiary/aromatic N) is 1. The molecule has 0 atom stereocenters. The van der Waals surface area contributed by atoms with Crippen molar-refractivity contribution in [2.24, 2.45) is 5.92 Å². The highest BCUT2D eigenvalue weighted by molar-refractivity contribution is 5.98. The molecule has 0 unspecified atom stereocenters. The number of rotatable bonds is 8. The van der Waals surface area contributed by atoms with Crippen LogP contribution in [-0.2, 0) is 4.74 Å². The van der Waals surface area contributed by atoms with Crippen LogP contribution in [0.25, 0.3) is 0 Å². The lowest BCUT2D eigenvalue weighted by molar-refractivity contribution is 0.0600. The zero-order chi connectivity index (χ0) is 20.6. The number of carbonyl (C=O) groups excluding carboxylic acids is 2. The van der Waals surface area contributed by atoms with Gasteiger partial charge >= 0.3 is 5.97 Å². The molecule has 0 amide bonds. The van der Waals surface area contributed by atoms with Crippen LogP contribution in [0, 0.1) is 5.92 Å². The predicted molar refractivity (Wildman–Crippen MR) is 110 cm³/mol. The van der Waals surface area contributed by atoms with E-state index in [1.165, 1.54) is 7.11 Å². The summed E-state index contributed by atoms with van der Waals surface area (Å²) >= 11 is 0. The van der Waals surface area contributed by atoms with Crippen molar-refractivity contribution in [1.29, 1.82) is 0 Å². The van der Waals surface area contributed by atoms with Crippen LogP contribution in [-0.4, -0.2) is 57.1 Å². The molecule has 1 saturated heterocycles. The monoisotopic (exact) mass is 397 g/mol. The zero-order valence-electron chi connectivity index (χ0n) is 16.9. The average Bonchev–Trinajstić information content (AvgIpc) is 2.79. The number of likely N-dealkylation sites (tertiary alicyclic amines) is 1. The summed E-state index contributed by atoms with van der Waals surface area (Å²) < 4.78 is 15.6. The number of ketones is 1. The highest BCUT2D eigenvalue weighted by atomic mass is 16.5. The summed E-state index contributed by atoms with van der Waals surface area (Å²) in [5.74, 6) is 1.42. The summed E-state index contributed by atoms with van der Waals surface area (Å²) in [5.41, 5.74) is 1.26. The van der Waals surface area contributed by atoms with Gasteiger partial charge in [-0.15, -0.1) is 0 Å². The van der Waals surface area contributed by atoms with Gasteiger partial charge in [-0.1, -0.05) is 0 Å². The quantitative estimate of drug-likeness (QED) is 0.502. The Morgan fingerprint density at radius 1 is 0.897 bits per heavy atom. The van der Waals surface area contributed by atoms with Gasteiger partial charge < -0.3 is 14.2 Å². The number of carbonyl (C=O) groups is 2. The third-order valence-electron chi connectivity index (χ3n) is 5.28. The summed E-state index contributed by atoms with van der Waals surface area (Å²) in [6.45, 7) is 3.14. The SMILES string of the molecule is COC(=O)c1ccc(OCCN2CCC(C(=O)c3ccc(OC)cc3)CC2)cc1. The predicted octanol–water partition coefficient (Wildman–Crippen LogP) is 3.46. The lowest BCUT2D eigenvalue weighted by Gasteiger charge is -2.31. The van der Waals surface area contributed by atoms with Gasteiger partial charge in [0.1, 0.15) is 18.1 Å². The van der Waals surface area contributed by atoms with Crippen LogP contribution < -0.4 is 9.47 Å². The van der Waals surface area contributed by atoms with Crippen LogP contribution in [0.3, 0.4) is 0 Å². The first-order chi connectivity index (χ1) is 14.1. The first kappa shape index (κ1) is 20.9. The van der Waals surface area contributed by atoms with E-state index in [2.05, 4.69) is 9.64 Å². The average molecular weight is 397 g/mol. The summed E-state index contributed by atoms with van der Waals surface area (Å²) in [5, 5.41) is 0. The van der Waals surface area contributed by atoms with Crippen molar-refractivity contribution < 1.29 is 23.8 Å². The fourth-order valence-electron chi connectivity index (χ4n) is 3.51. The van der Waals surface area contributed by atoms with E-state index in [0.29, 0.717) is 12.2 Å². The molecule has 6 heteroatoms. The number of benzene rings is 2. The lowest BCUT2D eigenvalue weighted by atomic mass is 9.89. The molecule has 1 aliphatic rings. The van der Waals surface area contributed by atoms with Crippen molar-refractivity contribution in [2.75, 3.05) is 40.5 Å². The summed E-state index contributed by atoms with van der Waals surface area (Å²) in [4.78, 5) is 26.4.